The summed E-state index contributed by atoms with van der Waals surface area (Å²) in [6.07, 6.45) is 1.72. The standard InChI is InChI=1S/C14H21N3O2S/c1-10-12(9-15-6-8-18-4)14(17(3)16-10)20-13-5-7-19-11(13)2/h5,7,15H,6,8-9H2,1-4H3. The van der Waals surface area contributed by atoms with Crippen LogP contribution < -0.4 is 5.32 Å². The van der Waals surface area contributed by atoms with Crippen molar-refractivity contribution in [3.05, 3.63) is 29.3 Å². The van der Waals surface area contributed by atoms with Crippen molar-refractivity contribution >= 4 is 11.8 Å². The highest BCUT2D eigenvalue weighted by Gasteiger charge is 2.15. The first-order valence-electron chi connectivity index (χ1n) is 6.57. The van der Waals surface area contributed by atoms with E-state index in [-0.39, 0.29) is 0 Å². The van der Waals surface area contributed by atoms with Crippen molar-refractivity contribution in [2.45, 2.75) is 30.3 Å². The number of ether oxygens (including phenoxy) is 1. The second kappa shape index (κ2) is 6.97. The Bertz CT molecular complexity index is 563. The van der Waals surface area contributed by atoms with E-state index in [9.17, 15) is 0 Å². The lowest BCUT2D eigenvalue weighted by molar-refractivity contribution is 0.199. The van der Waals surface area contributed by atoms with Crippen LogP contribution in [0.5, 0.6) is 0 Å². The average Bonchev–Trinajstić information content (AvgIpc) is 2.92. The summed E-state index contributed by atoms with van der Waals surface area (Å²) >= 11 is 1.69. The molecule has 110 valence electrons. The summed E-state index contributed by atoms with van der Waals surface area (Å²) in [6.45, 7) is 6.35. The Morgan fingerprint density at radius 2 is 2.25 bits per heavy atom. The van der Waals surface area contributed by atoms with E-state index >= 15 is 0 Å². The van der Waals surface area contributed by atoms with E-state index in [1.165, 1.54) is 5.56 Å². The monoisotopic (exact) mass is 295 g/mol. The van der Waals surface area contributed by atoms with Gasteiger partial charge in [-0.2, -0.15) is 5.10 Å². The zero-order valence-electron chi connectivity index (χ0n) is 12.4. The van der Waals surface area contributed by atoms with Crippen LogP contribution in [0.4, 0.5) is 0 Å². The predicted molar refractivity (Wildman–Crippen MR) is 79.1 cm³/mol. The van der Waals surface area contributed by atoms with E-state index in [0.29, 0.717) is 6.61 Å². The highest BCUT2D eigenvalue weighted by molar-refractivity contribution is 7.99. The summed E-state index contributed by atoms with van der Waals surface area (Å²) in [4.78, 5) is 1.13. The van der Waals surface area contributed by atoms with Crippen molar-refractivity contribution in [1.29, 1.82) is 0 Å². The molecule has 2 aromatic rings. The Balaban J connectivity index is 2.13. The molecule has 0 bridgehead atoms. The number of furan rings is 1. The molecule has 1 N–H and O–H groups in total. The summed E-state index contributed by atoms with van der Waals surface area (Å²) in [7, 11) is 3.68. The summed E-state index contributed by atoms with van der Waals surface area (Å²) in [5.74, 6) is 0.937. The zero-order chi connectivity index (χ0) is 14.5. The van der Waals surface area contributed by atoms with Crippen LogP contribution in [0.3, 0.4) is 0 Å². The summed E-state index contributed by atoms with van der Waals surface area (Å²) in [6, 6.07) is 1.99. The van der Waals surface area contributed by atoms with Gasteiger partial charge in [-0.1, -0.05) is 11.8 Å². The van der Waals surface area contributed by atoms with Crippen LogP contribution >= 0.6 is 11.8 Å². The molecule has 0 amide bonds. The Morgan fingerprint density at radius 1 is 1.45 bits per heavy atom. The van der Waals surface area contributed by atoms with E-state index in [4.69, 9.17) is 9.15 Å². The van der Waals surface area contributed by atoms with Gasteiger partial charge in [0.2, 0.25) is 0 Å². The molecule has 0 aliphatic carbocycles. The Hall–Kier alpha value is -1.24. The molecule has 0 spiro atoms. The molecular weight excluding hydrogens is 274 g/mol. The molecule has 2 heterocycles. The molecular formula is C14H21N3O2S. The molecule has 0 saturated carbocycles. The van der Waals surface area contributed by atoms with Crippen LogP contribution in [-0.2, 0) is 18.3 Å². The number of aryl methyl sites for hydroxylation is 3. The molecule has 5 nitrogen and oxygen atoms in total. The number of aromatic nitrogens is 2. The van der Waals surface area contributed by atoms with Gasteiger partial charge in [-0.05, 0) is 19.9 Å². The van der Waals surface area contributed by atoms with Gasteiger partial charge in [-0.15, -0.1) is 0 Å². The number of rotatable bonds is 7. The molecule has 0 aliphatic rings. The van der Waals surface area contributed by atoms with Crippen LogP contribution in [0.1, 0.15) is 17.0 Å². The third kappa shape index (κ3) is 3.45. The number of nitrogens with zero attached hydrogens (tertiary/aromatic N) is 2. The molecule has 0 fully saturated rings. The zero-order valence-corrected chi connectivity index (χ0v) is 13.2. The maximum atomic E-state index is 5.35. The first-order chi connectivity index (χ1) is 9.63. The smallest absolute Gasteiger partial charge is 0.114 e. The minimum absolute atomic E-state index is 0.711. The third-order valence-electron chi connectivity index (χ3n) is 3.09. The van der Waals surface area contributed by atoms with Crippen molar-refractivity contribution in [2.24, 2.45) is 7.05 Å². The maximum absolute atomic E-state index is 5.35. The number of hydrogen-bond acceptors (Lipinski definition) is 5. The highest BCUT2D eigenvalue weighted by Crippen LogP contribution is 2.34. The van der Waals surface area contributed by atoms with E-state index in [1.807, 2.05) is 31.6 Å². The van der Waals surface area contributed by atoms with Crippen molar-refractivity contribution in [2.75, 3.05) is 20.3 Å². The minimum atomic E-state index is 0.711. The van der Waals surface area contributed by atoms with Crippen molar-refractivity contribution in [3.8, 4) is 0 Å². The second-order valence-corrected chi connectivity index (χ2v) is 5.64. The second-order valence-electron chi connectivity index (χ2n) is 4.61. The van der Waals surface area contributed by atoms with Crippen molar-refractivity contribution in [3.63, 3.8) is 0 Å². The normalized spacial score (nSPS) is 11.2. The van der Waals surface area contributed by atoms with E-state index in [0.717, 1.165) is 34.5 Å². The number of methoxy groups -OCH3 is 1. The van der Waals surface area contributed by atoms with E-state index in [1.54, 1.807) is 25.1 Å². The molecule has 0 aliphatic heterocycles. The lowest BCUT2D eigenvalue weighted by Gasteiger charge is -2.07. The molecule has 0 radical (unpaired) electrons. The first-order valence-corrected chi connectivity index (χ1v) is 7.39. The van der Waals surface area contributed by atoms with Gasteiger partial charge < -0.3 is 14.5 Å². The minimum Gasteiger partial charge on any atom is -0.468 e. The van der Waals surface area contributed by atoms with Crippen LogP contribution in [0.25, 0.3) is 0 Å². The Kier molecular flexibility index (Phi) is 5.28. The van der Waals surface area contributed by atoms with Gasteiger partial charge in [0.1, 0.15) is 10.8 Å². The van der Waals surface area contributed by atoms with Gasteiger partial charge in [0.15, 0.2) is 0 Å². The van der Waals surface area contributed by atoms with E-state index in [2.05, 4.69) is 10.4 Å². The Labute approximate surface area is 123 Å². The summed E-state index contributed by atoms with van der Waals surface area (Å²) in [5, 5.41) is 9.04. The molecule has 6 heteroatoms. The topological polar surface area (TPSA) is 52.2 Å². The molecule has 20 heavy (non-hydrogen) atoms. The van der Waals surface area contributed by atoms with Gasteiger partial charge in [0.05, 0.1) is 23.5 Å². The van der Waals surface area contributed by atoms with Crippen LogP contribution in [0.2, 0.25) is 0 Å². The number of hydrogen-bond donors (Lipinski definition) is 1. The van der Waals surface area contributed by atoms with Gasteiger partial charge in [0, 0.05) is 32.8 Å². The fourth-order valence-electron chi connectivity index (χ4n) is 1.98. The number of nitrogens with one attached hydrogen (secondary N) is 1. The van der Waals surface area contributed by atoms with Gasteiger partial charge in [-0.25, -0.2) is 0 Å². The Morgan fingerprint density at radius 3 is 2.90 bits per heavy atom. The van der Waals surface area contributed by atoms with Crippen molar-refractivity contribution in [1.82, 2.24) is 15.1 Å². The largest absolute Gasteiger partial charge is 0.468 e. The summed E-state index contributed by atoms with van der Waals surface area (Å²) in [5.41, 5.74) is 2.29. The van der Waals surface area contributed by atoms with Crippen LogP contribution in [0.15, 0.2) is 26.7 Å². The van der Waals surface area contributed by atoms with Gasteiger partial charge >= 0.3 is 0 Å². The average molecular weight is 295 g/mol. The van der Waals surface area contributed by atoms with Gasteiger partial charge in [0.25, 0.3) is 0 Å². The van der Waals surface area contributed by atoms with E-state index < -0.39 is 0 Å². The van der Waals surface area contributed by atoms with Crippen molar-refractivity contribution < 1.29 is 9.15 Å². The first kappa shape index (κ1) is 15.2. The third-order valence-corrected chi connectivity index (χ3v) is 4.44. The molecule has 0 aromatic carbocycles. The maximum Gasteiger partial charge on any atom is 0.114 e. The molecule has 0 saturated heterocycles. The van der Waals surface area contributed by atoms with Crippen LogP contribution in [-0.4, -0.2) is 30.0 Å². The lowest BCUT2D eigenvalue weighted by Crippen LogP contribution is -2.19. The van der Waals surface area contributed by atoms with Crippen LogP contribution in [0, 0.1) is 13.8 Å². The SMILES string of the molecule is COCCNCc1c(C)nn(C)c1Sc1ccoc1C. The fourth-order valence-corrected chi connectivity index (χ4v) is 3.02. The molecule has 2 aromatic heterocycles. The molecule has 2 rings (SSSR count). The highest BCUT2D eigenvalue weighted by atomic mass is 32.2. The molecule has 0 atom stereocenters. The summed E-state index contributed by atoms with van der Waals surface area (Å²) < 4.78 is 12.3. The lowest BCUT2D eigenvalue weighted by atomic mass is 10.2. The quantitative estimate of drug-likeness (QED) is 0.795. The predicted octanol–water partition coefficient (Wildman–Crippen LogP) is 2.52. The van der Waals surface area contributed by atoms with Gasteiger partial charge in [-0.3, -0.25) is 4.68 Å². The molecule has 0 unspecified atom stereocenters. The fraction of sp³-hybridized carbons (Fsp3) is 0.500.